The van der Waals surface area contributed by atoms with Crippen LogP contribution < -0.4 is 4.90 Å². The summed E-state index contributed by atoms with van der Waals surface area (Å²) in [5.41, 5.74) is 2.21. The van der Waals surface area contributed by atoms with Crippen LogP contribution in [-0.2, 0) is 16.1 Å². The predicted octanol–water partition coefficient (Wildman–Crippen LogP) is 4.25. The molecule has 1 fully saturated rings. The van der Waals surface area contributed by atoms with Crippen LogP contribution in [0.15, 0.2) is 72.8 Å². The van der Waals surface area contributed by atoms with Crippen molar-refractivity contribution in [2.24, 2.45) is 0 Å². The maximum atomic E-state index is 13.4. The summed E-state index contributed by atoms with van der Waals surface area (Å²) in [7, 11) is 0. The minimum atomic E-state index is -1.04. The smallest absolute Gasteiger partial charge is 0.257 e. The Morgan fingerprint density at radius 1 is 0.906 bits per heavy atom. The molecule has 1 aliphatic heterocycles. The van der Waals surface area contributed by atoms with E-state index >= 15 is 0 Å². The summed E-state index contributed by atoms with van der Waals surface area (Å²) >= 11 is 0. The fourth-order valence-corrected chi connectivity index (χ4v) is 3.69. The van der Waals surface area contributed by atoms with Crippen LogP contribution in [0.4, 0.5) is 14.5 Å². The van der Waals surface area contributed by atoms with Gasteiger partial charge in [0, 0.05) is 12.1 Å². The van der Waals surface area contributed by atoms with Gasteiger partial charge in [0.1, 0.15) is 17.7 Å². The molecule has 5 nitrogen and oxygen atoms in total. The average molecular weight is 434 g/mol. The molecule has 0 radical (unpaired) electrons. The molecule has 3 aromatic rings. The largest absolute Gasteiger partial charge is 0.322 e. The van der Waals surface area contributed by atoms with Crippen molar-refractivity contribution in [2.75, 3.05) is 4.90 Å². The lowest BCUT2D eigenvalue weighted by molar-refractivity contribution is -0.122. The number of hydrogen-bond donors (Lipinski definition) is 0. The topological polar surface area (TPSA) is 57.7 Å². The second kappa shape index (κ2) is 8.70. The van der Waals surface area contributed by atoms with E-state index in [1.165, 1.54) is 41.3 Å². The highest BCUT2D eigenvalue weighted by Gasteiger charge is 2.44. The number of hydrogen-bond acceptors (Lipinski definition) is 3. The van der Waals surface area contributed by atoms with Crippen molar-refractivity contribution in [2.45, 2.75) is 25.9 Å². The molecule has 0 spiro atoms. The molecule has 7 heteroatoms. The summed E-state index contributed by atoms with van der Waals surface area (Å²) in [5, 5.41) is 0. The molecule has 1 unspecified atom stereocenters. The lowest BCUT2D eigenvalue weighted by Crippen LogP contribution is -2.45. The van der Waals surface area contributed by atoms with Gasteiger partial charge in [0.05, 0.1) is 12.1 Å². The van der Waals surface area contributed by atoms with E-state index < -0.39 is 35.4 Å². The van der Waals surface area contributed by atoms with Crippen molar-refractivity contribution in [3.8, 4) is 0 Å². The van der Waals surface area contributed by atoms with Gasteiger partial charge in [0.15, 0.2) is 0 Å². The number of amides is 3. The first-order valence-corrected chi connectivity index (χ1v) is 10.1. The van der Waals surface area contributed by atoms with E-state index in [1.54, 1.807) is 24.3 Å². The van der Waals surface area contributed by atoms with Crippen molar-refractivity contribution < 1.29 is 23.2 Å². The first-order valence-electron chi connectivity index (χ1n) is 10.1. The Kier molecular flexibility index (Phi) is 5.81. The zero-order valence-corrected chi connectivity index (χ0v) is 17.3. The molecule has 0 saturated carbocycles. The Hall–Kier alpha value is -3.87. The van der Waals surface area contributed by atoms with Crippen LogP contribution in [0.5, 0.6) is 0 Å². The number of anilines is 1. The first-order chi connectivity index (χ1) is 15.3. The zero-order valence-electron chi connectivity index (χ0n) is 17.3. The molecule has 1 aliphatic rings. The first kappa shape index (κ1) is 21.4. The third kappa shape index (κ3) is 4.27. The molecule has 162 valence electrons. The third-order valence-corrected chi connectivity index (χ3v) is 5.41. The molecular weight excluding hydrogens is 414 g/mol. The highest BCUT2D eigenvalue weighted by Crippen LogP contribution is 2.28. The SMILES string of the molecule is Cc1ccc(C(=O)N(Cc2ccc(F)cc2)C2CC(=O)N(c3ccc(F)cc3)C2=O)cc1. The standard InChI is InChI=1S/C25H20F2N2O3/c1-16-2-6-18(7-3-16)24(31)28(15-17-4-8-19(26)9-5-17)22-14-23(30)29(25(22)32)21-12-10-20(27)11-13-21/h2-13,22H,14-15H2,1H3. The van der Waals surface area contributed by atoms with Crippen molar-refractivity contribution in [3.05, 3.63) is 101 Å². The number of imide groups is 1. The van der Waals surface area contributed by atoms with Gasteiger partial charge in [-0.3, -0.25) is 14.4 Å². The van der Waals surface area contributed by atoms with E-state index in [-0.39, 0.29) is 18.7 Å². The van der Waals surface area contributed by atoms with Gasteiger partial charge in [-0.25, -0.2) is 13.7 Å². The Morgan fingerprint density at radius 2 is 1.47 bits per heavy atom. The van der Waals surface area contributed by atoms with Crippen LogP contribution in [-0.4, -0.2) is 28.7 Å². The molecule has 32 heavy (non-hydrogen) atoms. The second-order valence-corrected chi connectivity index (χ2v) is 7.69. The normalized spacial score (nSPS) is 15.8. The number of carbonyl (C=O) groups excluding carboxylic acids is 3. The van der Waals surface area contributed by atoms with Crippen molar-refractivity contribution in [1.29, 1.82) is 0 Å². The van der Waals surface area contributed by atoms with Crippen LogP contribution in [0.25, 0.3) is 0 Å². The van der Waals surface area contributed by atoms with Gasteiger partial charge < -0.3 is 4.90 Å². The molecule has 4 rings (SSSR count). The molecule has 1 saturated heterocycles. The molecular formula is C25H20F2N2O3. The summed E-state index contributed by atoms with van der Waals surface area (Å²) in [6.07, 6.45) is -0.199. The van der Waals surface area contributed by atoms with Gasteiger partial charge in [-0.1, -0.05) is 29.8 Å². The minimum Gasteiger partial charge on any atom is -0.322 e. The Bertz CT molecular complexity index is 1160. The molecule has 0 aromatic heterocycles. The quantitative estimate of drug-likeness (QED) is 0.565. The Morgan fingerprint density at radius 3 is 2.06 bits per heavy atom. The number of rotatable bonds is 5. The van der Waals surface area contributed by atoms with Crippen LogP contribution in [0.3, 0.4) is 0 Å². The summed E-state index contributed by atoms with van der Waals surface area (Å²) in [5.74, 6) is -2.37. The molecule has 0 N–H and O–H groups in total. The van der Waals surface area contributed by atoms with Crippen LogP contribution in [0.2, 0.25) is 0 Å². The van der Waals surface area contributed by atoms with E-state index in [0.717, 1.165) is 22.6 Å². The van der Waals surface area contributed by atoms with E-state index in [9.17, 15) is 23.2 Å². The molecule has 3 amide bonds. The van der Waals surface area contributed by atoms with Gasteiger partial charge in [-0.05, 0) is 61.0 Å². The fourth-order valence-electron chi connectivity index (χ4n) is 3.69. The monoisotopic (exact) mass is 434 g/mol. The summed E-state index contributed by atoms with van der Waals surface area (Å²) < 4.78 is 26.7. The highest BCUT2D eigenvalue weighted by molar-refractivity contribution is 6.23. The molecule has 3 aromatic carbocycles. The van der Waals surface area contributed by atoms with Crippen LogP contribution >= 0.6 is 0 Å². The van der Waals surface area contributed by atoms with E-state index in [4.69, 9.17) is 0 Å². The molecule has 1 heterocycles. The van der Waals surface area contributed by atoms with E-state index in [1.807, 2.05) is 6.92 Å². The van der Waals surface area contributed by atoms with Gasteiger partial charge in [0.2, 0.25) is 5.91 Å². The lowest BCUT2D eigenvalue weighted by atomic mass is 10.1. The summed E-state index contributed by atoms with van der Waals surface area (Å²) in [6, 6.07) is 16.5. The maximum Gasteiger partial charge on any atom is 0.257 e. The number of nitrogens with zero attached hydrogens (tertiary/aromatic N) is 2. The summed E-state index contributed by atoms with van der Waals surface area (Å²) in [4.78, 5) is 41.6. The summed E-state index contributed by atoms with van der Waals surface area (Å²) in [6.45, 7) is 1.91. The highest BCUT2D eigenvalue weighted by atomic mass is 19.1. The van der Waals surface area contributed by atoms with Crippen LogP contribution in [0.1, 0.15) is 27.9 Å². The number of carbonyl (C=O) groups is 3. The van der Waals surface area contributed by atoms with Crippen molar-refractivity contribution in [3.63, 3.8) is 0 Å². The van der Waals surface area contributed by atoms with E-state index in [2.05, 4.69) is 0 Å². The van der Waals surface area contributed by atoms with Gasteiger partial charge in [-0.2, -0.15) is 0 Å². The van der Waals surface area contributed by atoms with Crippen molar-refractivity contribution in [1.82, 2.24) is 4.90 Å². The van der Waals surface area contributed by atoms with Crippen molar-refractivity contribution >= 4 is 23.4 Å². The third-order valence-electron chi connectivity index (χ3n) is 5.41. The van der Waals surface area contributed by atoms with Crippen LogP contribution in [0, 0.1) is 18.6 Å². The second-order valence-electron chi connectivity index (χ2n) is 7.69. The Balaban J connectivity index is 1.68. The Labute approximate surface area is 183 Å². The van der Waals surface area contributed by atoms with Gasteiger partial charge >= 0.3 is 0 Å². The maximum absolute atomic E-state index is 13.4. The molecule has 0 bridgehead atoms. The number of benzene rings is 3. The van der Waals surface area contributed by atoms with Gasteiger partial charge in [-0.15, -0.1) is 0 Å². The predicted molar refractivity (Wildman–Crippen MR) is 115 cm³/mol. The minimum absolute atomic E-state index is 0.0218. The number of halogens is 2. The average Bonchev–Trinajstić information content (AvgIpc) is 3.08. The number of aryl methyl sites for hydroxylation is 1. The molecule has 0 aliphatic carbocycles. The lowest BCUT2D eigenvalue weighted by Gasteiger charge is -2.28. The zero-order chi connectivity index (χ0) is 22.8. The van der Waals surface area contributed by atoms with E-state index in [0.29, 0.717) is 11.1 Å². The molecule has 1 atom stereocenters. The fraction of sp³-hybridized carbons (Fsp3) is 0.160. The van der Waals surface area contributed by atoms with Gasteiger partial charge in [0.25, 0.3) is 11.8 Å².